The van der Waals surface area contributed by atoms with Gasteiger partial charge in [0.05, 0.1) is 26.4 Å². The van der Waals surface area contributed by atoms with Crippen molar-refractivity contribution in [1.29, 1.82) is 5.26 Å². The Kier molecular flexibility index (Phi) is 5.67. The third-order valence-electron chi connectivity index (χ3n) is 4.26. The molecule has 3 rings (SSSR count). The highest BCUT2D eigenvalue weighted by molar-refractivity contribution is 5.69. The molecule has 0 bridgehead atoms. The van der Waals surface area contributed by atoms with Gasteiger partial charge < -0.3 is 23.5 Å². The van der Waals surface area contributed by atoms with Crippen molar-refractivity contribution in [3.63, 3.8) is 0 Å². The number of methoxy groups -OCH3 is 2. The summed E-state index contributed by atoms with van der Waals surface area (Å²) in [5.41, 5.74) is 1.18. The van der Waals surface area contributed by atoms with Crippen molar-refractivity contribution in [3.05, 3.63) is 35.3 Å². The first-order chi connectivity index (χ1) is 13.0. The van der Waals surface area contributed by atoms with Gasteiger partial charge in [-0.1, -0.05) is 6.07 Å². The van der Waals surface area contributed by atoms with Gasteiger partial charge in [-0.3, -0.25) is 0 Å². The van der Waals surface area contributed by atoms with Crippen LogP contribution in [0.1, 0.15) is 31.0 Å². The number of ether oxygens (including phenoxy) is 3. The number of anilines is 1. The van der Waals surface area contributed by atoms with E-state index < -0.39 is 0 Å². The molecule has 0 radical (unpaired) electrons. The lowest BCUT2D eigenvalue weighted by molar-refractivity contribution is -0.00642. The summed E-state index contributed by atoms with van der Waals surface area (Å²) in [5.74, 6) is 2.17. The zero-order valence-corrected chi connectivity index (χ0v) is 15.9. The number of hydrogen-bond donors (Lipinski definition) is 0. The molecule has 0 N–H and O–H groups in total. The van der Waals surface area contributed by atoms with Gasteiger partial charge in [-0.2, -0.15) is 10.2 Å². The fourth-order valence-electron chi connectivity index (χ4n) is 3.15. The molecule has 0 aliphatic carbocycles. The molecule has 0 spiro atoms. The molecule has 1 aromatic heterocycles. The van der Waals surface area contributed by atoms with E-state index in [0.717, 1.165) is 5.56 Å². The van der Waals surface area contributed by atoms with Crippen LogP contribution in [0.15, 0.2) is 22.6 Å². The molecule has 2 aromatic rings. The Balaban J connectivity index is 1.83. The van der Waals surface area contributed by atoms with E-state index in [9.17, 15) is 5.26 Å². The van der Waals surface area contributed by atoms with E-state index in [1.165, 1.54) is 0 Å². The molecule has 0 saturated carbocycles. The lowest BCUT2D eigenvalue weighted by Crippen LogP contribution is -2.45. The monoisotopic (exact) mass is 369 g/mol. The van der Waals surface area contributed by atoms with Gasteiger partial charge >= 0.3 is 0 Å². The van der Waals surface area contributed by atoms with Crippen molar-refractivity contribution in [2.45, 2.75) is 26.1 Å². The Labute approximate surface area is 158 Å². The molecule has 1 saturated heterocycles. The maximum atomic E-state index is 9.42. The summed E-state index contributed by atoms with van der Waals surface area (Å²) in [7, 11) is 3.19. The fourth-order valence-corrected chi connectivity index (χ4v) is 3.15. The van der Waals surface area contributed by atoms with Crippen LogP contribution in [0.4, 0.5) is 5.88 Å². The van der Waals surface area contributed by atoms with Gasteiger partial charge in [0.2, 0.25) is 17.5 Å². The minimum atomic E-state index is 0.0659. The zero-order valence-electron chi connectivity index (χ0n) is 15.9. The fraction of sp³-hybridized carbons (Fsp3) is 0.400. The SMILES string of the molecule is COc1ccc(C=Cc2nc(C#N)c(N3CC(C)OC(C)C3)o2)cc1OC. The van der Waals surface area contributed by atoms with Gasteiger partial charge in [-0.15, -0.1) is 0 Å². The van der Waals surface area contributed by atoms with Crippen molar-refractivity contribution in [2.24, 2.45) is 0 Å². The first kappa shape index (κ1) is 18.8. The summed E-state index contributed by atoms with van der Waals surface area (Å²) >= 11 is 0. The summed E-state index contributed by atoms with van der Waals surface area (Å²) in [6, 6.07) is 7.70. The van der Waals surface area contributed by atoms with Crippen molar-refractivity contribution < 1.29 is 18.6 Å². The Bertz CT molecular complexity index is 859. The normalized spacial score (nSPS) is 19.9. The van der Waals surface area contributed by atoms with E-state index in [-0.39, 0.29) is 17.9 Å². The van der Waals surface area contributed by atoms with Gasteiger partial charge in [0, 0.05) is 19.2 Å². The molecular formula is C20H23N3O4. The molecule has 2 atom stereocenters. The van der Waals surface area contributed by atoms with Crippen LogP contribution in [-0.2, 0) is 4.74 Å². The van der Waals surface area contributed by atoms with Crippen molar-refractivity contribution >= 4 is 18.0 Å². The molecule has 1 aromatic carbocycles. The maximum absolute atomic E-state index is 9.42. The predicted octanol–water partition coefficient (Wildman–Crippen LogP) is 3.35. The average molecular weight is 369 g/mol. The molecule has 1 fully saturated rings. The molecule has 7 heteroatoms. The van der Waals surface area contributed by atoms with Crippen molar-refractivity contribution in [2.75, 3.05) is 32.2 Å². The van der Waals surface area contributed by atoms with Gasteiger partial charge in [0.15, 0.2) is 11.5 Å². The Morgan fingerprint density at radius 1 is 1.15 bits per heavy atom. The molecule has 27 heavy (non-hydrogen) atoms. The first-order valence-electron chi connectivity index (χ1n) is 8.75. The topological polar surface area (TPSA) is 80.8 Å². The second-order valence-electron chi connectivity index (χ2n) is 6.43. The quantitative estimate of drug-likeness (QED) is 0.799. The molecule has 0 amide bonds. The highest BCUT2D eigenvalue weighted by Crippen LogP contribution is 2.29. The molecule has 2 unspecified atom stereocenters. The van der Waals surface area contributed by atoms with Crippen LogP contribution in [0, 0.1) is 11.3 Å². The van der Waals surface area contributed by atoms with Crippen molar-refractivity contribution in [1.82, 2.24) is 4.98 Å². The van der Waals surface area contributed by atoms with E-state index in [0.29, 0.717) is 36.4 Å². The third-order valence-corrected chi connectivity index (χ3v) is 4.26. The number of nitriles is 1. The van der Waals surface area contributed by atoms with Crippen LogP contribution in [0.25, 0.3) is 12.2 Å². The minimum absolute atomic E-state index is 0.0659. The largest absolute Gasteiger partial charge is 0.493 e. The highest BCUT2D eigenvalue weighted by Gasteiger charge is 2.27. The van der Waals surface area contributed by atoms with Crippen LogP contribution < -0.4 is 14.4 Å². The number of rotatable bonds is 5. The predicted molar refractivity (Wildman–Crippen MR) is 102 cm³/mol. The lowest BCUT2D eigenvalue weighted by atomic mass is 10.2. The summed E-state index contributed by atoms with van der Waals surface area (Å²) in [5, 5.41) is 9.42. The van der Waals surface area contributed by atoms with E-state index in [1.807, 2.05) is 43.0 Å². The second-order valence-corrected chi connectivity index (χ2v) is 6.43. The number of nitrogens with zero attached hydrogens (tertiary/aromatic N) is 3. The van der Waals surface area contributed by atoms with Gasteiger partial charge in [0.1, 0.15) is 6.07 Å². The van der Waals surface area contributed by atoms with E-state index in [2.05, 4.69) is 11.1 Å². The number of aromatic nitrogens is 1. The lowest BCUT2D eigenvalue weighted by Gasteiger charge is -2.34. The Morgan fingerprint density at radius 3 is 2.48 bits per heavy atom. The standard InChI is InChI=1S/C20H23N3O4/c1-13-11-23(12-14(2)26-13)20-16(10-21)22-19(27-20)8-6-15-5-7-17(24-3)18(9-15)25-4/h5-9,13-14H,11-12H2,1-4H3. The molecule has 1 aliphatic heterocycles. The van der Waals surface area contributed by atoms with E-state index in [4.69, 9.17) is 18.6 Å². The number of benzene rings is 1. The average Bonchev–Trinajstić information content (AvgIpc) is 3.08. The van der Waals surface area contributed by atoms with Crippen LogP contribution >= 0.6 is 0 Å². The molecule has 1 aliphatic rings. The molecule has 142 valence electrons. The van der Waals surface area contributed by atoms with Crippen LogP contribution in [0.2, 0.25) is 0 Å². The number of oxazole rings is 1. The maximum Gasteiger partial charge on any atom is 0.235 e. The molecule has 2 heterocycles. The van der Waals surface area contributed by atoms with Crippen LogP contribution in [0.5, 0.6) is 11.5 Å². The number of morpholine rings is 1. The Hall–Kier alpha value is -2.98. The van der Waals surface area contributed by atoms with Crippen LogP contribution in [0.3, 0.4) is 0 Å². The molecular weight excluding hydrogens is 346 g/mol. The zero-order chi connectivity index (χ0) is 19.4. The van der Waals surface area contributed by atoms with E-state index >= 15 is 0 Å². The van der Waals surface area contributed by atoms with E-state index in [1.54, 1.807) is 20.3 Å². The number of hydrogen-bond acceptors (Lipinski definition) is 7. The molecule has 7 nitrogen and oxygen atoms in total. The first-order valence-corrected chi connectivity index (χ1v) is 8.75. The minimum Gasteiger partial charge on any atom is -0.493 e. The highest BCUT2D eigenvalue weighted by atomic mass is 16.5. The van der Waals surface area contributed by atoms with Crippen molar-refractivity contribution in [3.8, 4) is 17.6 Å². The summed E-state index contributed by atoms with van der Waals surface area (Å²) < 4.78 is 22.2. The third kappa shape index (κ3) is 4.23. The smallest absolute Gasteiger partial charge is 0.235 e. The van der Waals surface area contributed by atoms with Gasteiger partial charge in [-0.25, -0.2) is 0 Å². The summed E-state index contributed by atoms with van der Waals surface area (Å²) in [6.07, 6.45) is 3.72. The van der Waals surface area contributed by atoms with Gasteiger partial charge in [0.25, 0.3) is 0 Å². The summed E-state index contributed by atoms with van der Waals surface area (Å²) in [4.78, 5) is 6.30. The van der Waals surface area contributed by atoms with Gasteiger partial charge in [-0.05, 0) is 37.6 Å². The second kappa shape index (κ2) is 8.14. The Morgan fingerprint density at radius 2 is 1.85 bits per heavy atom. The summed E-state index contributed by atoms with van der Waals surface area (Å²) in [6.45, 7) is 5.33. The van der Waals surface area contributed by atoms with Crippen LogP contribution in [-0.4, -0.2) is 44.5 Å².